The van der Waals surface area contributed by atoms with Crippen LogP contribution in [0.25, 0.3) is 10.9 Å². The molecule has 0 amide bonds. The fraction of sp³-hybridized carbons (Fsp3) is 0.550. The zero-order chi connectivity index (χ0) is 16.7. The van der Waals surface area contributed by atoms with Gasteiger partial charge in [-0.25, -0.2) is 4.98 Å². The molecule has 0 radical (unpaired) electrons. The van der Waals surface area contributed by atoms with Crippen LogP contribution in [0.2, 0.25) is 0 Å². The summed E-state index contributed by atoms with van der Waals surface area (Å²) in [4.78, 5) is 7.28. The molecule has 1 fully saturated rings. The number of hydrogen-bond acceptors (Lipinski definition) is 4. The van der Waals surface area contributed by atoms with E-state index in [2.05, 4.69) is 43.9 Å². The predicted molar refractivity (Wildman–Crippen MR) is 97.3 cm³/mol. The average Bonchev–Trinajstić information content (AvgIpc) is 2.59. The number of benzene rings is 1. The molecule has 1 saturated heterocycles. The Kier molecular flexibility index (Phi) is 3.87. The molecule has 1 aromatic carbocycles. The van der Waals surface area contributed by atoms with Crippen molar-refractivity contribution in [3.05, 3.63) is 29.3 Å². The molecule has 128 valence electrons. The maximum Gasteiger partial charge on any atom is 0.219 e. The Morgan fingerprint density at radius 2 is 1.88 bits per heavy atom. The van der Waals surface area contributed by atoms with Gasteiger partial charge in [0, 0.05) is 24.0 Å². The second kappa shape index (κ2) is 5.92. The highest BCUT2D eigenvalue weighted by molar-refractivity contribution is 5.95. The van der Waals surface area contributed by atoms with Crippen LogP contribution in [-0.2, 0) is 16.6 Å². The molecule has 4 nitrogen and oxygen atoms in total. The molecule has 0 bridgehead atoms. The van der Waals surface area contributed by atoms with Gasteiger partial charge in [0.15, 0.2) is 0 Å². The number of pyridine rings is 1. The Morgan fingerprint density at radius 3 is 2.62 bits per heavy atom. The minimum atomic E-state index is 0.128. The average molecular weight is 326 g/mol. The van der Waals surface area contributed by atoms with E-state index in [1.54, 1.807) is 0 Å². The van der Waals surface area contributed by atoms with Crippen LogP contribution >= 0.6 is 0 Å². The number of rotatable bonds is 1. The quantitative estimate of drug-likeness (QED) is 0.800. The molecule has 0 spiro atoms. The van der Waals surface area contributed by atoms with E-state index < -0.39 is 0 Å². The molecule has 2 aliphatic rings. The lowest BCUT2D eigenvalue weighted by molar-refractivity contribution is 0.122. The van der Waals surface area contributed by atoms with Crippen molar-refractivity contribution in [3.8, 4) is 5.88 Å². The van der Waals surface area contributed by atoms with Gasteiger partial charge in [-0.1, -0.05) is 26.8 Å². The number of ether oxygens (including phenoxy) is 2. The maximum atomic E-state index is 5.89. The SMILES string of the molecule is CC(C)(C)c1ccc2nc3c(c(N4CCOCC4)c2c1)CCCO3. The summed E-state index contributed by atoms with van der Waals surface area (Å²) >= 11 is 0. The molecule has 2 aliphatic heterocycles. The first-order valence-corrected chi connectivity index (χ1v) is 8.97. The topological polar surface area (TPSA) is 34.6 Å². The van der Waals surface area contributed by atoms with Crippen molar-refractivity contribution in [2.45, 2.75) is 39.0 Å². The van der Waals surface area contributed by atoms with Gasteiger partial charge in [-0.2, -0.15) is 0 Å². The van der Waals surface area contributed by atoms with Gasteiger partial charge < -0.3 is 14.4 Å². The van der Waals surface area contributed by atoms with Crippen molar-refractivity contribution >= 4 is 16.6 Å². The molecular weight excluding hydrogens is 300 g/mol. The molecule has 2 aromatic rings. The summed E-state index contributed by atoms with van der Waals surface area (Å²) in [5.41, 5.74) is 5.11. The first kappa shape index (κ1) is 15.7. The van der Waals surface area contributed by atoms with Gasteiger partial charge in [-0.3, -0.25) is 0 Å². The molecule has 0 saturated carbocycles. The summed E-state index contributed by atoms with van der Waals surface area (Å²) < 4.78 is 11.5. The molecule has 4 heteroatoms. The lowest BCUT2D eigenvalue weighted by Crippen LogP contribution is -2.37. The van der Waals surface area contributed by atoms with E-state index in [1.165, 1.54) is 22.2 Å². The van der Waals surface area contributed by atoms with Crippen LogP contribution < -0.4 is 9.64 Å². The second-order valence-corrected chi connectivity index (χ2v) is 7.78. The smallest absolute Gasteiger partial charge is 0.219 e. The van der Waals surface area contributed by atoms with Gasteiger partial charge in [-0.15, -0.1) is 0 Å². The second-order valence-electron chi connectivity index (χ2n) is 7.78. The first-order chi connectivity index (χ1) is 11.5. The van der Waals surface area contributed by atoms with Gasteiger partial charge in [0.2, 0.25) is 5.88 Å². The molecule has 0 N–H and O–H groups in total. The minimum Gasteiger partial charge on any atom is -0.477 e. The van der Waals surface area contributed by atoms with Crippen molar-refractivity contribution in [2.24, 2.45) is 0 Å². The third-order valence-electron chi connectivity index (χ3n) is 5.02. The summed E-state index contributed by atoms with van der Waals surface area (Å²) in [6.07, 6.45) is 2.11. The fourth-order valence-electron chi connectivity index (χ4n) is 3.64. The van der Waals surface area contributed by atoms with Crippen LogP contribution in [0.5, 0.6) is 5.88 Å². The maximum absolute atomic E-state index is 5.89. The van der Waals surface area contributed by atoms with Gasteiger partial charge in [0.25, 0.3) is 0 Å². The third-order valence-corrected chi connectivity index (χ3v) is 5.02. The number of nitrogens with zero attached hydrogens (tertiary/aromatic N) is 2. The zero-order valence-electron chi connectivity index (χ0n) is 14.9. The number of aromatic nitrogens is 1. The number of morpholine rings is 1. The van der Waals surface area contributed by atoms with Crippen molar-refractivity contribution in [2.75, 3.05) is 37.8 Å². The van der Waals surface area contributed by atoms with Gasteiger partial charge in [-0.05, 0) is 36.0 Å². The first-order valence-electron chi connectivity index (χ1n) is 8.97. The lowest BCUT2D eigenvalue weighted by atomic mass is 9.86. The Labute approximate surface area is 143 Å². The molecule has 0 unspecified atom stereocenters. The highest BCUT2D eigenvalue weighted by Gasteiger charge is 2.25. The summed E-state index contributed by atoms with van der Waals surface area (Å²) in [7, 11) is 0. The molecule has 3 heterocycles. The zero-order valence-corrected chi connectivity index (χ0v) is 14.9. The molecule has 0 aliphatic carbocycles. The number of anilines is 1. The van der Waals surface area contributed by atoms with Gasteiger partial charge in [0.05, 0.1) is 31.0 Å². The van der Waals surface area contributed by atoms with Crippen molar-refractivity contribution in [1.29, 1.82) is 0 Å². The van der Waals surface area contributed by atoms with E-state index in [0.29, 0.717) is 0 Å². The van der Waals surface area contributed by atoms with Crippen LogP contribution in [0.1, 0.15) is 38.3 Å². The summed E-state index contributed by atoms with van der Waals surface area (Å²) in [6, 6.07) is 6.69. The molecule has 24 heavy (non-hydrogen) atoms. The minimum absolute atomic E-state index is 0.128. The molecule has 4 rings (SSSR count). The Morgan fingerprint density at radius 1 is 1.08 bits per heavy atom. The largest absolute Gasteiger partial charge is 0.477 e. The van der Waals surface area contributed by atoms with Crippen LogP contribution in [0.15, 0.2) is 18.2 Å². The van der Waals surface area contributed by atoms with Crippen molar-refractivity contribution in [3.63, 3.8) is 0 Å². The van der Waals surface area contributed by atoms with E-state index in [0.717, 1.165) is 57.1 Å². The highest BCUT2D eigenvalue weighted by atomic mass is 16.5. The Bertz CT molecular complexity index is 758. The summed E-state index contributed by atoms with van der Waals surface area (Å²) in [5.74, 6) is 0.832. The van der Waals surface area contributed by atoms with Crippen LogP contribution in [-0.4, -0.2) is 37.9 Å². The standard InChI is InChI=1S/C20H26N2O2/c1-20(2,3)14-6-7-17-16(13-14)18(22-8-11-23-12-9-22)15-5-4-10-24-19(15)21-17/h6-7,13H,4-5,8-12H2,1-3H3. The predicted octanol–water partition coefficient (Wildman–Crippen LogP) is 3.69. The molecule has 1 aromatic heterocycles. The molecule has 0 atom stereocenters. The Hall–Kier alpha value is -1.81. The van der Waals surface area contributed by atoms with Crippen LogP contribution in [0, 0.1) is 0 Å². The lowest BCUT2D eigenvalue weighted by Gasteiger charge is -2.33. The summed E-state index contributed by atoms with van der Waals surface area (Å²) in [5, 5.41) is 1.26. The van der Waals surface area contributed by atoms with Gasteiger partial charge in [0.1, 0.15) is 0 Å². The Balaban J connectivity index is 1.95. The van der Waals surface area contributed by atoms with E-state index >= 15 is 0 Å². The summed E-state index contributed by atoms with van der Waals surface area (Å²) in [6.45, 7) is 11.0. The molecular formula is C20H26N2O2. The van der Waals surface area contributed by atoms with Crippen LogP contribution in [0.4, 0.5) is 5.69 Å². The van der Waals surface area contributed by atoms with E-state index in [4.69, 9.17) is 14.5 Å². The normalized spacial score (nSPS) is 18.4. The van der Waals surface area contributed by atoms with E-state index in [9.17, 15) is 0 Å². The van der Waals surface area contributed by atoms with E-state index in [1.807, 2.05) is 0 Å². The number of fused-ring (bicyclic) bond motifs is 2. The number of hydrogen-bond donors (Lipinski definition) is 0. The van der Waals surface area contributed by atoms with Gasteiger partial charge >= 0.3 is 0 Å². The highest BCUT2D eigenvalue weighted by Crippen LogP contribution is 2.40. The van der Waals surface area contributed by atoms with Crippen molar-refractivity contribution in [1.82, 2.24) is 4.98 Å². The van der Waals surface area contributed by atoms with E-state index in [-0.39, 0.29) is 5.41 Å². The fourth-order valence-corrected chi connectivity index (χ4v) is 3.64. The third kappa shape index (κ3) is 2.73. The monoisotopic (exact) mass is 326 g/mol. The van der Waals surface area contributed by atoms with Crippen LogP contribution in [0.3, 0.4) is 0 Å². The van der Waals surface area contributed by atoms with Crippen molar-refractivity contribution < 1.29 is 9.47 Å².